The van der Waals surface area contributed by atoms with Crippen LogP contribution in [0.3, 0.4) is 0 Å². The zero-order valence-corrected chi connectivity index (χ0v) is 8.42. The number of rotatable bonds is 0. The summed E-state index contributed by atoms with van der Waals surface area (Å²) in [5.74, 6) is -2.76. The molecule has 0 aliphatic heterocycles. The molecule has 0 saturated carbocycles. The number of hydrogen-bond donors (Lipinski definition) is 2. The molecule has 0 rings (SSSR count). The van der Waals surface area contributed by atoms with E-state index >= 15 is 0 Å². The van der Waals surface area contributed by atoms with Crippen molar-refractivity contribution in [2.45, 2.75) is 10.5 Å². The Kier molecular flexibility index (Phi) is 14.7. The van der Waals surface area contributed by atoms with Crippen LogP contribution in [0.1, 0.15) is 0 Å². The molecule has 2 N–H and O–H groups in total. The highest BCUT2D eigenvalue weighted by atomic mass is 35.6. The van der Waals surface area contributed by atoms with Crippen molar-refractivity contribution in [3.05, 3.63) is 0 Å². The standard InChI is InChI=1S/C2HF3O2.CHCl3.CH4O/c3-2(4,5)1(6)7;2-1(3)4;1-2/h(H,6,7);1H;2H,1H3. The Balaban J connectivity index is -0.000000142. The van der Waals surface area contributed by atoms with E-state index < -0.39 is 16.4 Å². The van der Waals surface area contributed by atoms with Crippen molar-refractivity contribution >= 4 is 40.8 Å². The van der Waals surface area contributed by atoms with Crippen LogP contribution >= 0.6 is 34.8 Å². The van der Waals surface area contributed by atoms with E-state index in [-0.39, 0.29) is 0 Å². The summed E-state index contributed by atoms with van der Waals surface area (Å²) >= 11 is 14.4. The molecule has 0 aromatic heterocycles. The van der Waals surface area contributed by atoms with Gasteiger partial charge >= 0.3 is 12.1 Å². The third-order valence-electron chi connectivity index (χ3n) is 0.243. The van der Waals surface area contributed by atoms with Gasteiger partial charge in [-0.3, -0.25) is 0 Å². The second-order valence-corrected chi connectivity index (χ2v) is 3.03. The minimum absolute atomic E-state index is 0.750. The van der Waals surface area contributed by atoms with Gasteiger partial charge in [0.2, 0.25) is 0 Å². The first-order valence-electron chi connectivity index (χ1n) is 2.35. The van der Waals surface area contributed by atoms with E-state index in [1.165, 1.54) is 0 Å². The van der Waals surface area contributed by atoms with E-state index in [0.717, 1.165) is 7.11 Å². The van der Waals surface area contributed by atoms with Crippen molar-refractivity contribution in [3.8, 4) is 0 Å². The van der Waals surface area contributed by atoms with E-state index in [4.69, 9.17) is 49.8 Å². The summed E-state index contributed by atoms with van der Waals surface area (Å²) in [6.07, 6.45) is -5.08. The number of carbonyl (C=O) groups is 1. The maximum absolute atomic E-state index is 10.6. The Morgan fingerprint density at radius 3 is 1.31 bits per heavy atom. The number of halogens is 6. The molecule has 0 atom stereocenters. The minimum atomic E-state index is -5.08. The molecule has 0 aromatic carbocycles. The maximum Gasteiger partial charge on any atom is 0.490 e. The van der Waals surface area contributed by atoms with E-state index in [9.17, 15) is 13.2 Å². The molecule has 0 radical (unpaired) electrons. The van der Waals surface area contributed by atoms with Gasteiger partial charge in [0.25, 0.3) is 0 Å². The maximum atomic E-state index is 10.6. The average Bonchev–Trinajstić information content (AvgIpc) is 1.88. The Hall–Kier alpha value is 0.0900. The van der Waals surface area contributed by atoms with Gasteiger partial charge in [0.05, 0.1) is 0 Å². The van der Waals surface area contributed by atoms with Crippen molar-refractivity contribution in [1.82, 2.24) is 0 Å². The van der Waals surface area contributed by atoms with Crippen molar-refractivity contribution in [2.75, 3.05) is 7.11 Å². The molecule has 0 bridgehead atoms. The molecular formula is C4H6Cl3F3O3. The minimum Gasteiger partial charge on any atom is -0.475 e. The van der Waals surface area contributed by atoms with Gasteiger partial charge in [-0.05, 0) is 0 Å². The fourth-order valence-electron chi connectivity index (χ4n) is 0. The molecule has 13 heavy (non-hydrogen) atoms. The van der Waals surface area contributed by atoms with Crippen LogP contribution in [0.4, 0.5) is 13.2 Å². The lowest BCUT2D eigenvalue weighted by molar-refractivity contribution is -0.192. The lowest BCUT2D eigenvalue weighted by Crippen LogP contribution is -2.21. The third-order valence-corrected chi connectivity index (χ3v) is 0.243. The monoisotopic (exact) mass is 264 g/mol. The van der Waals surface area contributed by atoms with Crippen molar-refractivity contribution in [1.29, 1.82) is 0 Å². The normalized spacial score (nSPS) is 9.31. The number of aliphatic carboxylic acids is 1. The SMILES string of the molecule is CO.ClC(Cl)Cl.O=C(O)C(F)(F)F. The molecule has 0 aliphatic rings. The molecule has 0 aromatic rings. The van der Waals surface area contributed by atoms with Crippen LogP contribution in [0.2, 0.25) is 0 Å². The van der Waals surface area contributed by atoms with Crippen LogP contribution in [-0.2, 0) is 4.79 Å². The van der Waals surface area contributed by atoms with E-state index in [1.54, 1.807) is 0 Å². The van der Waals surface area contributed by atoms with Gasteiger partial charge < -0.3 is 10.2 Å². The molecule has 0 saturated heterocycles. The second-order valence-electron chi connectivity index (χ2n) is 1.05. The van der Waals surface area contributed by atoms with Gasteiger partial charge in [0.1, 0.15) is 0 Å². The molecule has 0 heterocycles. The Morgan fingerprint density at radius 1 is 1.23 bits per heavy atom. The van der Waals surface area contributed by atoms with Crippen LogP contribution in [0.5, 0.6) is 0 Å². The van der Waals surface area contributed by atoms with Gasteiger partial charge in [-0.1, -0.05) is 34.8 Å². The molecule has 0 spiro atoms. The zero-order valence-electron chi connectivity index (χ0n) is 6.15. The van der Waals surface area contributed by atoms with Gasteiger partial charge in [0, 0.05) is 7.11 Å². The molecule has 9 heteroatoms. The molecular weight excluding hydrogens is 259 g/mol. The smallest absolute Gasteiger partial charge is 0.475 e. The first-order valence-corrected chi connectivity index (χ1v) is 3.66. The van der Waals surface area contributed by atoms with Crippen LogP contribution in [0.25, 0.3) is 0 Å². The number of hydrogen-bond acceptors (Lipinski definition) is 2. The Morgan fingerprint density at radius 2 is 1.31 bits per heavy atom. The average molecular weight is 265 g/mol. The summed E-state index contributed by atoms with van der Waals surface area (Å²) in [7, 11) is 1.00. The summed E-state index contributed by atoms with van der Waals surface area (Å²) in [4.78, 5) is 8.90. The largest absolute Gasteiger partial charge is 0.490 e. The van der Waals surface area contributed by atoms with Gasteiger partial charge in [-0.25, -0.2) is 4.79 Å². The van der Waals surface area contributed by atoms with E-state index in [1.807, 2.05) is 0 Å². The predicted octanol–water partition coefficient (Wildman–Crippen LogP) is 2.23. The summed E-state index contributed by atoms with van der Waals surface area (Å²) in [6, 6.07) is 0. The fraction of sp³-hybridized carbons (Fsp3) is 0.750. The summed E-state index contributed by atoms with van der Waals surface area (Å²) in [6.45, 7) is 0. The van der Waals surface area contributed by atoms with Crippen molar-refractivity contribution in [2.24, 2.45) is 0 Å². The molecule has 3 nitrogen and oxygen atoms in total. The predicted molar refractivity (Wildman–Crippen MR) is 43.2 cm³/mol. The highest BCUT2D eigenvalue weighted by Crippen LogP contribution is 2.13. The van der Waals surface area contributed by atoms with Crippen molar-refractivity contribution < 1.29 is 28.2 Å². The molecule has 0 amide bonds. The van der Waals surface area contributed by atoms with Crippen LogP contribution in [0, 0.1) is 0 Å². The second kappa shape index (κ2) is 10.2. The summed E-state index contributed by atoms with van der Waals surface area (Å²) in [5, 5.41) is 14.1. The number of alkyl halides is 6. The van der Waals surface area contributed by atoms with Gasteiger partial charge in [-0.2, -0.15) is 13.2 Å². The molecule has 82 valence electrons. The molecule has 0 fully saturated rings. The lowest BCUT2D eigenvalue weighted by Gasteiger charge is -1.93. The highest BCUT2D eigenvalue weighted by molar-refractivity contribution is 6.63. The number of carboxylic acids is 1. The highest BCUT2D eigenvalue weighted by Gasteiger charge is 2.38. The molecule has 0 unspecified atom stereocenters. The van der Waals surface area contributed by atoms with Gasteiger partial charge in [-0.15, -0.1) is 0 Å². The Labute approximate surface area is 87.0 Å². The Bertz CT molecular complexity index is 125. The number of carboxylic acid groups (broad SMARTS) is 1. The first kappa shape index (κ1) is 18.8. The van der Waals surface area contributed by atoms with E-state index in [0.29, 0.717) is 0 Å². The quantitative estimate of drug-likeness (QED) is 0.660. The summed E-state index contributed by atoms with van der Waals surface area (Å²) in [5.41, 5.74) is 0. The number of aliphatic hydroxyl groups excluding tert-OH is 1. The fourth-order valence-corrected chi connectivity index (χ4v) is 0. The van der Waals surface area contributed by atoms with Gasteiger partial charge in [0.15, 0.2) is 4.30 Å². The van der Waals surface area contributed by atoms with Crippen molar-refractivity contribution in [3.63, 3.8) is 0 Å². The zero-order chi connectivity index (χ0) is 11.7. The van der Waals surface area contributed by atoms with E-state index in [2.05, 4.69) is 0 Å². The van der Waals surface area contributed by atoms with Crippen LogP contribution in [0.15, 0.2) is 0 Å². The number of aliphatic hydroxyl groups is 1. The van der Waals surface area contributed by atoms with Crippen LogP contribution in [-0.4, -0.2) is 33.8 Å². The first-order chi connectivity index (χ1) is 5.68. The molecule has 0 aliphatic carbocycles. The lowest BCUT2D eigenvalue weighted by atomic mass is 10.7. The third kappa shape index (κ3) is 33.2. The van der Waals surface area contributed by atoms with Crippen LogP contribution < -0.4 is 0 Å². The summed E-state index contributed by atoms with van der Waals surface area (Å²) < 4.78 is 31.0. The topological polar surface area (TPSA) is 57.5 Å².